The van der Waals surface area contributed by atoms with Gasteiger partial charge in [-0.15, -0.1) is 0 Å². The Labute approximate surface area is 137 Å². The van der Waals surface area contributed by atoms with Crippen LogP contribution in [0.5, 0.6) is 0 Å². The number of carbonyl (C=O) groups excluding carboxylic acids is 2. The van der Waals surface area contributed by atoms with Crippen molar-refractivity contribution in [1.29, 1.82) is 0 Å². The average molecular weight is 359 g/mol. The van der Waals surface area contributed by atoms with Gasteiger partial charge in [0.05, 0.1) is 14.2 Å². The highest BCUT2D eigenvalue weighted by Crippen LogP contribution is 2.24. The van der Waals surface area contributed by atoms with Gasteiger partial charge in [0.15, 0.2) is 0 Å². The van der Waals surface area contributed by atoms with Crippen LogP contribution in [0.1, 0.15) is 25.7 Å². The molecule has 0 rings (SSSR count). The summed E-state index contributed by atoms with van der Waals surface area (Å²) in [6.07, 6.45) is 4.79. The molecule has 0 bridgehead atoms. The van der Waals surface area contributed by atoms with Crippen LogP contribution in [0.2, 0.25) is 0 Å². The van der Waals surface area contributed by atoms with E-state index in [2.05, 4.69) is 9.47 Å². The van der Waals surface area contributed by atoms with Crippen LogP contribution in [0.25, 0.3) is 0 Å². The summed E-state index contributed by atoms with van der Waals surface area (Å²) in [5.41, 5.74) is 0. The van der Waals surface area contributed by atoms with Gasteiger partial charge in [-0.1, -0.05) is 56.0 Å². The molecule has 0 heterocycles. The van der Waals surface area contributed by atoms with E-state index in [0.29, 0.717) is 11.5 Å². The summed E-state index contributed by atoms with van der Waals surface area (Å²) < 4.78 is 9.12. The first kappa shape index (κ1) is 20.3. The van der Waals surface area contributed by atoms with Crippen molar-refractivity contribution in [3.63, 3.8) is 0 Å². The number of unbranched alkanes of at least 4 members (excludes halogenated alkanes) is 3. The van der Waals surface area contributed by atoms with Crippen LogP contribution in [0.3, 0.4) is 0 Å². The van der Waals surface area contributed by atoms with E-state index in [-0.39, 0.29) is 11.9 Å². The van der Waals surface area contributed by atoms with E-state index in [0.717, 1.165) is 11.5 Å². The van der Waals surface area contributed by atoms with E-state index < -0.39 is 0 Å². The Bertz CT molecular complexity index is 238. The molecule has 0 aromatic rings. The standard InChI is InChI=1S/C12H22O4S4/c1-15-11(13)9-19-17-7-5-3-4-6-8-18-20-10-12(14)16-2/h3-10H2,1-2H3. The molecule has 0 N–H and O–H groups in total. The van der Waals surface area contributed by atoms with Gasteiger partial charge < -0.3 is 9.47 Å². The molecule has 0 aromatic heterocycles. The lowest BCUT2D eigenvalue weighted by molar-refractivity contribution is -0.138. The molecule has 0 aliphatic rings. The molecular weight excluding hydrogens is 336 g/mol. The van der Waals surface area contributed by atoms with Crippen molar-refractivity contribution in [2.45, 2.75) is 25.7 Å². The van der Waals surface area contributed by atoms with Gasteiger partial charge in [-0.2, -0.15) is 0 Å². The molecule has 0 spiro atoms. The van der Waals surface area contributed by atoms with Crippen LogP contribution in [0.15, 0.2) is 0 Å². The van der Waals surface area contributed by atoms with Crippen molar-refractivity contribution in [2.75, 3.05) is 37.2 Å². The molecule has 20 heavy (non-hydrogen) atoms. The first-order valence-corrected chi connectivity index (χ1v) is 11.3. The second-order valence-corrected chi connectivity index (χ2v) is 8.90. The normalized spacial score (nSPS) is 10.3. The molecule has 0 radical (unpaired) electrons. The van der Waals surface area contributed by atoms with Gasteiger partial charge >= 0.3 is 11.9 Å². The largest absolute Gasteiger partial charge is 0.468 e. The van der Waals surface area contributed by atoms with Gasteiger partial charge in [0.1, 0.15) is 11.5 Å². The minimum Gasteiger partial charge on any atom is -0.468 e. The number of ether oxygens (including phenoxy) is 2. The molecule has 0 amide bonds. The molecule has 0 atom stereocenters. The van der Waals surface area contributed by atoms with Crippen molar-refractivity contribution in [3.05, 3.63) is 0 Å². The first-order valence-electron chi connectivity index (χ1n) is 6.33. The molecule has 0 aliphatic heterocycles. The maximum absolute atomic E-state index is 10.8. The Kier molecular flexibility index (Phi) is 16.0. The monoisotopic (exact) mass is 358 g/mol. The van der Waals surface area contributed by atoms with E-state index in [9.17, 15) is 9.59 Å². The molecule has 0 saturated heterocycles. The maximum atomic E-state index is 10.8. The van der Waals surface area contributed by atoms with Crippen molar-refractivity contribution < 1.29 is 19.1 Å². The SMILES string of the molecule is COC(=O)CSSCCCCCCSSCC(=O)OC. The van der Waals surface area contributed by atoms with Crippen LogP contribution in [-0.4, -0.2) is 49.2 Å². The summed E-state index contributed by atoms with van der Waals surface area (Å²) in [5.74, 6) is 2.68. The van der Waals surface area contributed by atoms with Crippen LogP contribution in [0.4, 0.5) is 0 Å². The number of hydrogen-bond donors (Lipinski definition) is 0. The minimum absolute atomic E-state index is 0.163. The smallest absolute Gasteiger partial charge is 0.316 e. The fourth-order valence-electron chi connectivity index (χ4n) is 1.09. The third-order valence-corrected chi connectivity index (χ3v) is 6.84. The molecule has 8 heteroatoms. The molecule has 0 unspecified atom stereocenters. The summed E-state index contributed by atoms with van der Waals surface area (Å²) in [5, 5.41) is 0. The Morgan fingerprint density at radius 2 is 1.10 bits per heavy atom. The first-order chi connectivity index (χ1) is 9.70. The zero-order chi connectivity index (χ0) is 15.1. The molecule has 0 aliphatic carbocycles. The molecule has 0 saturated carbocycles. The van der Waals surface area contributed by atoms with Gasteiger partial charge in [0.25, 0.3) is 0 Å². The van der Waals surface area contributed by atoms with Crippen LogP contribution in [0, 0.1) is 0 Å². The second kappa shape index (κ2) is 15.7. The predicted octanol–water partition coefficient (Wildman–Crippen LogP) is 3.66. The Balaban J connectivity index is 3.06. The van der Waals surface area contributed by atoms with E-state index in [1.54, 1.807) is 43.2 Å². The topological polar surface area (TPSA) is 52.6 Å². The maximum Gasteiger partial charge on any atom is 0.316 e. The molecular formula is C12H22O4S4. The van der Waals surface area contributed by atoms with Crippen LogP contribution >= 0.6 is 43.2 Å². The quantitative estimate of drug-likeness (QED) is 0.281. The second-order valence-electron chi connectivity index (χ2n) is 3.73. The van der Waals surface area contributed by atoms with E-state index in [1.807, 2.05) is 0 Å². The van der Waals surface area contributed by atoms with Gasteiger partial charge in [-0.3, -0.25) is 9.59 Å². The summed E-state index contributed by atoms with van der Waals surface area (Å²) in [4.78, 5) is 21.7. The molecule has 4 nitrogen and oxygen atoms in total. The van der Waals surface area contributed by atoms with E-state index >= 15 is 0 Å². The predicted molar refractivity (Wildman–Crippen MR) is 92.3 cm³/mol. The zero-order valence-corrected chi connectivity index (χ0v) is 15.2. The highest BCUT2D eigenvalue weighted by molar-refractivity contribution is 8.77. The van der Waals surface area contributed by atoms with Gasteiger partial charge in [0, 0.05) is 11.5 Å². The van der Waals surface area contributed by atoms with Gasteiger partial charge in [-0.25, -0.2) is 0 Å². The minimum atomic E-state index is -0.163. The zero-order valence-electron chi connectivity index (χ0n) is 11.9. The number of methoxy groups -OCH3 is 2. The van der Waals surface area contributed by atoms with Crippen molar-refractivity contribution in [1.82, 2.24) is 0 Å². The Morgan fingerprint density at radius 3 is 1.45 bits per heavy atom. The molecule has 118 valence electrons. The van der Waals surface area contributed by atoms with Gasteiger partial charge in [-0.05, 0) is 12.8 Å². The number of rotatable bonds is 13. The third-order valence-electron chi connectivity index (χ3n) is 2.18. The number of esters is 2. The summed E-state index contributed by atoms with van der Waals surface area (Å²) in [7, 11) is 9.40. The lowest BCUT2D eigenvalue weighted by Crippen LogP contribution is -2.01. The average Bonchev–Trinajstić information content (AvgIpc) is 2.47. The van der Waals surface area contributed by atoms with Gasteiger partial charge in [0.2, 0.25) is 0 Å². The summed E-state index contributed by atoms with van der Waals surface area (Å²) in [6.45, 7) is 0. The fourth-order valence-corrected chi connectivity index (χ4v) is 5.06. The lowest BCUT2D eigenvalue weighted by Gasteiger charge is -2.02. The molecule has 0 fully saturated rings. The highest BCUT2D eigenvalue weighted by atomic mass is 33.1. The number of hydrogen-bond acceptors (Lipinski definition) is 8. The van der Waals surface area contributed by atoms with Crippen molar-refractivity contribution in [3.8, 4) is 0 Å². The Hall–Kier alpha value is 0.340. The van der Waals surface area contributed by atoms with Crippen LogP contribution in [-0.2, 0) is 19.1 Å². The van der Waals surface area contributed by atoms with Crippen LogP contribution < -0.4 is 0 Å². The van der Waals surface area contributed by atoms with Crippen molar-refractivity contribution >= 4 is 55.1 Å². The van der Waals surface area contributed by atoms with E-state index in [1.165, 1.54) is 39.9 Å². The lowest BCUT2D eigenvalue weighted by atomic mass is 10.2. The van der Waals surface area contributed by atoms with Crippen molar-refractivity contribution in [2.24, 2.45) is 0 Å². The van der Waals surface area contributed by atoms with E-state index in [4.69, 9.17) is 0 Å². The summed E-state index contributed by atoms with van der Waals surface area (Å²) >= 11 is 0. The molecule has 0 aromatic carbocycles. The number of carbonyl (C=O) groups is 2. The highest BCUT2D eigenvalue weighted by Gasteiger charge is 2.01. The third kappa shape index (κ3) is 14.7. The summed E-state index contributed by atoms with van der Waals surface area (Å²) in [6, 6.07) is 0. The fraction of sp³-hybridized carbons (Fsp3) is 0.833. The Morgan fingerprint density at radius 1 is 0.700 bits per heavy atom.